The Morgan fingerprint density at radius 3 is 2.66 bits per heavy atom. The number of carbonyl (C=O) groups is 1. The number of nitrogens with zero attached hydrogens (tertiary/aromatic N) is 3. The molecule has 2 aliphatic heterocycles. The molecule has 4 nitrogen and oxygen atoms in total. The lowest BCUT2D eigenvalue weighted by Crippen LogP contribution is -2.47. The molecule has 6 heteroatoms. The number of nitriles is 1. The van der Waals surface area contributed by atoms with Crippen molar-refractivity contribution in [3.8, 4) is 6.07 Å². The second kappa shape index (κ2) is 8.56. The Hall–Kier alpha value is -2.36. The van der Waals surface area contributed by atoms with Crippen molar-refractivity contribution in [2.24, 2.45) is 0 Å². The summed E-state index contributed by atoms with van der Waals surface area (Å²) >= 11 is 3.28. The van der Waals surface area contributed by atoms with Crippen molar-refractivity contribution in [2.45, 2.75) is 30.6 Å². The Kier molecular flexibility index (Phi) is 5.89. The average molecular weight is 422 g/mol. The molecule has 0 N–H and O–H groups in total. The number of amides is 1. The number of fused-ring (bicyclic) bond motifs is 1. The second-order valence-electron chi connectivity index (χ2n) is 7.12. The average Bonchev–Trinajstić information content (AvgIpc) is 2.79. The van der Waals surface area contributed by atoms with Crippen LogP contribution in [0.3, 0.4) is 0 Å². The summed E-state index contributed by atoms with van der Waals surface area (Å²) in [5, 5.41) is 10.8. The Bertz CT molecular complexity index is 994. The van der Waals surface area contributed by atoms with Gasteiger partial charge in [-0.25, -0.2) is 0 Å². The largest absolute Gasteiger partial charge is 0.343 e. The van der Waals surface area contributed by atoms with Gasteiger partial charge < -0.3 is 4.90 Å². The van der Waals surface area contributed by atoms with Crippen molar-refractivity contribution in [1.29, 1.82) is 5.26 Å². The summed E-state index contributed by atoms with van der Waals surface area (Å²) in [4.78, 5) is 18.3. The minimum absolute atomic E-state index is 0.0872. The maximum atomic E-state index is 13.1. The van der Waals surface area contributed by atoms with Gasteiger partial charge in [-0.2, -0.15) is 5.26 Å². The molecule has 4 rings (SSSR count). The van der Waals surface area contributed by atoms with Crippen LogP contribution in [0.25, 0.3) is 0 Å². The molecular weight excluding hydrogens is 398 g/mol. The first-order valence-corrected chi connectivity index (χ1v) is 11.9. The minimum atomic E-state index is -0.156. The van der Waals surface area contributed by atoms with Gasteiger partial charge in [0.2, 0.25) is 5.91 Å². The Labute approximate surface area is 180 Å². The van der Waals surface area contributed by atoms with Crippen LogP contribution >= 0.6 is 23.5 Å². The van der Waals surface area contributed by atoms with E-state index in [-0.39, 0.29) is 11.8 Å². The fourth-order valence-corrected chi connectivity index (χ4v) is 5.52. The van der Waals surface area contributed by atoms with Crippen molar-refractivity contribution < 1.29 is 4.79 Å². The van der Waals surface area contributed by atoms with Crippen LogP contribution in [0.1, 0.15) is 30.4 Å². The summed E-state index contributed by atoms with van der Waals surface area (Å²) < 4.78 is 0. The quantitative estimate of drug-likeness (QED) is 0.636. The van der Waals surface area contributed by atoms with E-state index in [0.29, 0.717) is 13.1 Å². The summed E-state index contributed by atoms with van der Waals surface area (Å²) in [6, 6.07) is 19.0. The smallest absolute Gasteiger partial charge is 0.229 e. The molecular formula is C23H23N3OS2. The lowest BCUT2D eigenvalue weighted by molar-refractivity contribution is -0.129. The first-order valence-electron chi connectivity index (χ1n) is 9.70. The molecule has 2 heterocycles. The van der Waals surface area contributed by atoms with E-state index in [1.54, 1.807) is 28.4 Å². The van der Waals surface area contributed by atoms with Gasteiger partial charge in [0.05, 0.1) is 29.2 Å². The van der Waals surface area contributed by atoms with Crippen molar-refractivity contribution in [1.82, 2.24) is 4.90 Å². The Balaban J connectivity index is 1.65. The summed E-state index contributed by atoms with van der Waals surface area (Å²) in [6.45, 7) is 2.65. The zero-order valence-corrected chi connectivity index (χ0v) is 18.2. The normalized spacial score (nSPS) is 19.2. The molecule has 0 radical (unpaired) electrons. The number of para-hydroxylation sites is 1. The molecule has 1 fully saturated rings. The van der Waals surface area contributed by atoms with Gasteiger partial charge in [-0.05, 0) is 42.0 Å². The summed E-state index contributed by atoms with van der Waals surface area (Å²) in [7, 11) is 0. The number of rotatable bonds is 4. The molecule has 2 aliphatic rings. The number of aryl methyl sites for hydroxylation is 1. The maximum absolute atomic E-state index is 13.1. The summed E-state index contributed by atoms with van der Waals surface area (Å²) in [5.41, 5.74) is 4.20. The monoisotopic (exact) mass is 421 g/mol. The van der Waals surface area contributed by atoms with Crippen LogP contribution in [0.5, 0.6) is 0 Å². The highest BCUT2D eigenvalue weighted by Crippen LogP contribution is 2.43. The van der Waals surface area contributed by atoms with Crippen molar-refractivity contribution >= 4 is 35.1 Å². The SMILES string of the molecule is CCc1ccccc1N1CSC2=C(C#N)[C@@H](c3ccc(SC)cc3)CC(=O)N2C1. The summed E-state index contributed by atoms with van der Waals surface area (Å²) in [5.74, 6) is 0.667. The standard InChI is InChI=1S/C23H23N3OS2/c1-3-16-6-4-5-7-21(16)25-14-26-22(27)12-19(20(13-24)23(26)29-15-25)17-8-10-18(28-2)11-9-17/h4-11,19H,3,12,14-15H2,1-2H3/t19-/m1/s1. The molecule has 2 aromatic carbocycles. The van der Waals surface area contributed by atoms with E-state index in [2.05, 4.69) is 60.4 Å². The van der Waals surface area contributed by atoms with Crippen LogP contribution in [-0.4, -0.2) is 29.6 Å². The number of hydrogen-bond acceptors (Lipinski definition) is 5. The van der Waals surface area contributed by atoms with Crippen molar-refractivity contribution in [3.05, 3.63) is 70.3 Å². The number of hydrogen-bond donors (Lipinski definition) is 0. The van der Waals surface area contributed by atoms with Gasteiger partial charge in [0.1, 0.15) is 0 Å². The number of benzene rings is 2. The third-order valence-corrected chi connectivity index (χ3v) is 7.42. The number of anilines is 1. The number of thioether (sulfide) groups is 2. The highest BCUT2D eigenvalue weighted by atomic mass is 32.2. The van der Waals surface area contributed by atoms with E-state index in [1.165, 1.54) is 16.1 Å². The van der Waals surface area contributed by atoms with Crippen LogP contribution in [0.4, 0.5) is 5.69 Å². The van der Waals surface area contributed by atoms with Gasteiger partial charge in [-0.15, -0.1) is 11.8 Å². The zero-order valence-electron chi connectivity index (χ0n) is 16.6. The summed E-state index contributed by atoms with van der Waals surface area (Å²) in [6.07, 6.45) is 3.33. The Morgan fingerprint density at radius 1 is 1.21 bits per heavy atom. The molecule has 0 aromatic heterocycles. The molecule has 0 aliphatic carbocycles. The fraction of sp³-hybridized carbons (Fsp3) is 0.304. The van der Waals surface area contributed by atoms with E-state index in [4.69, 9.17) is 0 Å². The predicted octanol–water partition coefficient (Wildman–Crippen LogP) is 5.19. The van der Waals surface area contributed by atoms with E-state index in [0.717, 1.165) is 28.5 Å². The van der Waals surface area contributed by atoms with Crippen LogP contribution < -0.4 is 4.90 Å². The lowest BCUT2D eigenvalue weighted by Gasteiger charge is -2.42. The number of carbonyl (C=O) groups excluding carboxylic acids is 1. The van der Waals surface area contributed by atoms with Gasteiger partial charge in [-0.1, -0.05) is 49.0 Å². The number of allylic oxidation sites excluding steroid dienone is 1. The molecule has 0 unspecified atom stereocenters. The Morgan fingerprint density at radius 2 is 1.97 bits per heavy atom. The van der Waals surface area contributed by atoms with Gasteiger partial charge in [0.15, 0.2) is 0 Å². The first-order chi connectivity index (χ1) is 14.2. The third-order valence-electron chi connectivity index (χ3n) is 5.52. The van der Waals surface area contributed by atoms with Gasteiger partial charge in [0.25, 0.3) is 0 Å². The van der Waals surface area contributed by atoms with E-state index in [1.807, 2.05) is 12.3 Å². The van der Waals surface area contributed by atoms with Crippen molar-refractivity contribution in [2.75, 3.05) is 23.7 Å². The zero-order chi connectivity index (χ0) is 20.4. The topological polar surface area (TPSA) is 47.3 Å². The maximum Gasteiger partial charge on any atom is 0.229 e. The highest BCUT2D eigenvalue weighted by molar-refractivity contribution is 8.03. The molecule has 1 amide bonds. The fourth-order valence-electron chi connectivity index (χ4n) is 3.95. The molecule has 29 heavy (non-hydrogen) atoms. The second-order valence-corrected chi connectivity index (χ2v) is 8.93. The molecule has 1 atom stereocenters. The molecule has 1 saturated heterocycles. The molecule has 0 saturated carbocycles. The van der Waals surface area contributed by atoms with Gasteiger partial charge in [0, 0.05) is 22.9 Å². The first kappa shape index (κ1) is 19.9. The minimum Gasteiger partial charge on any atom is -0.343 e. The third kappa shape index (κ3) is 3.77. The highest BCUT2D eigenvalue weighted by Gasteiger charge is 2.38. The van der Waals surface area contributed by atoms with Crippen LogP contribution in [-0.2, 0) is 11.2 Å². The van der Waals surface area contributed by atoms with E-state index < -0.39 is 0 Å². The van der Waals surface area contributed by atoms with Gasteiger partial charge >= 0.3 is 0 Å². The van der Waals surface area contributed by atoms with Crippen LogP contribution in [0.2, 0.25) is 0 Å². The van der Waals surface area contributed by atoms with E-state index in [9.17, 15) is 10.1 Å². The van der Waals surface area contributed by atoms with E-state index >= 15 is 0 Å². The molecule has 0 spiro atoms. The predicted molar refractivity (Wildman–Crippen MR) is 121 cm³/mol. The molecule has 2 aromatic rings. The molecule has 148 valence electrons. The van der Waals surface area contributed by atoms with Crippen LogP contribution in [0.15, 0.2) is 64.0 Å². The van der Waals surface area contributed by atoms with Gasteiger partial charge in [-0.3, -0.25) is 9.69 Å². The van der Waals surface area contributed by atoms with Crippen LogP contribution in [0, 0.1) is 11.3 Å². The molecule has 0 bridgehead atoms. The van der Waals surface area contributed by atoms with Crippen molar-refractivity contribution in [3.63, 3.8) is 0 Å². The lowest BCUT2D eigenvalue weighted by atomic mass is 9.86.